The molecule has 6 heteroatoms. The fourth-order valence-corrected chi connectivity index (χ4v) is 5.93. The van der Waals surface area contributed by atoms with Gasteiger partial charge < -0.3 is 10.1 Å². The van der Waals surface area contributed by atoms with Crippen LogP contribution in [0.4, 0.5) is 5.69 Å². The van der Waals surface area contributed by atoms with Gasteiger partial charge in [-0.25, -0.2) is 0 Å². The maximum absolute atomic E-state index is 13.0. The second-order valence-corrected chi connectivity index (χ2v) is 10.7. The molecule has 3 aromatic carbocycles. The molecule has 0 saturated carbocycles. The molecule has 0 aromatic heterocycles. The van der Waals surface area contributed by atoms with E-state index >= 15 is 0 Å². The number of nitrogens with one attached hydrogen (secondary N) is 1. The first-order valence-corrected chi connectivity index (χ1v) is 14.0. The van der Waals surface area contributed by atoms with Gasteiger partial charge in [-0.3, -0.25) is 14.6 Å². The van der Waals surface area contributed by atoms with E-state index < -0.39 is 0 Å². The molecule has 2 heterocycles. The normalized spacial score (nSPS) is 17.4. The molecule has 35 heavy (non-hydrogen) atoms. The number of fused-ring (bicyclic) bond motifs is 1. The fourth-order valence-electron chi connectivity index (χ4n) is 4.95. The topological polar surface area (TPSA) is 44.8 Å². The molecule has 184 valence electrons. The Hall–Kier alpha value is -2.54. The summed E-state index contributed by atoms with van der Waals surface area (Å²) in [6, 6.07) is 20.1. The molecule has 0 bridgehead atoms. The summed E-state index contributed by atoms with van der Waals surface area (Å²) in [6.07, 6.45) is 3.92. The van der Waals surface area contributed by atoms with Gasteiger partial charge in [0.15, 0.2) is 0 Å². The molecule has 0 atom stereocenters. The predicted molar refractivity (Wildman–Crippen MR) is 147 cm³/mol. The highest BCUT2D eigenvalue weighted by atomic mass is 32.2. The van der Waals surface area contributed by atoms with Gasteiger partial charge in [0.2, 0.25) is 0 Å². The molecule has 2 aliphatic heterocycles. The van der Waals surface area contributed by atoms with Crippen molar-refractivity contribution < 1.29 is 9.53 Å². The number of amides is 1. The second-order valence-electron chi connectivity index (χ2n) is 9.45. The minimum absolute atomic E-state index is 0.0867. The van der Waals surface area contributed by atoms with Crippen molar-refractivity contribution in [1.29, 1.82) is 0 Å². The third-order valence-corrected chi connectivity index (χ3v) is 7.91. The van der Waals surface area contributed by atoms with Crippen LogP contribution < -0.4 is 10.1 Å². The van der Waals surface area contributed by atoms with Crippen molar-refractivity contribution in [2.75, 3.05) is 56.2 Å². The van der Waals surface area contributed by atoms with E-state index in [-0.39, 0.29) is 5.91 Å². The number of hydrogen-bond donors (Lipinski definition) is 1. The number of hydrogen-bond acceptors (Lipinski definition) is 5. The van der Waals surface area contributed by atoms with Crippen molar-refractivity contribution in [1.82, 2.24) is 9.80 Å². The standard InChI is InChI=1S/C29H35N3O2S/c33-29(24-10-8-23(9-11-24)22-32-14-4-1-5-15-32)30-27-12-13-28(26-7-3-2-6-25(26)27)34-19-16-31-17-20-35-21-18-31/h2-3,6-13H,1,4-5,14-22H2,(H,30,33). The molecule has 2 fully saturated rings. The van der Waals surface area contributed by atoms with Gasteiger partial charge in [0, 0.05) is 59.7 Å². The Bertz CT molecular complexity index is 1120. The van der Waals surface area contributed by atoms with Crippen LogP contribution in [0.15, 0.2) is 60.7 Å². The van der Waals surface area contributed by atoms with Crippen molar-refractivity contribution in [3.63, 3.8) is 0 Å². The maximum atomic E-state index is 13.0. The quantitative estimate of drug-likeness (QED) is 0.452. The monoisotopic (exact) mass is 489 g/mol. The van der Waals surface area contributed by atoms with Gasteiger partial charge in [-0.15, -0.1) is 0 Å². The van der Waals surface area contributed by atoms with Crippen molar-refractivity contribution in [3.05, 3.63) is 71.8 Å². The predicted octanol–water partition coefficient (Wildman–Crippen LogP) is 5.51. The summed E-state index contributed by atoms with van der Waals surface area (Å²) < 4.78 is 6.18. The number of nitrogens with zero attached hydrogens (tertiary/aromatic N) is 2. The van der Waals surface area contributed by atoms with E-state index in [4.69, 9.17) is 4.74 Å². The lowest BCUT2D eigenvalue weighted by molar-refractivity contribution is 0.102. The molecular weight excluding hydrogens is 454 g/mol. The lowest BCUT2D eigenvalue weighted by Crippen LogP contribution is -2.35. The van der Waals surface area contributed by atoms with Gasteiger partial charge in [0.25, 0.3) is 5.91 Å². The lowest BCUT2D eigenvalue weighted by atomic mass is 10.1. The molecule has 3 aromatic rings. The van der Waals surface area contributed by atoms with Crippen LogP contribution in [0.5, 0.6) is 5.75 Å². The molecule has 5 rings (SSSR count). The van der Waals surface area contributed by atoms with Crippen molar-refractivity contribution in [2.24, 2.45) is 0 Å². The molecule has 0 spiro atoms. The highest BCUT2D eigenvalue weighted by Crippen LogP contribution is 2.32. The van der Waals surface area contributed by atoms with Crippen LogP contribution in [0, 0.1) is 0 Å². The Balaban J connectivity index is 1.23. The maximum Gasteiger partial charge on any atom is 0.255 e. The van der Waals surface area contributed by atoms with Crippen LogP contribution in [-0.2, 0) is 6.54 Å². The van der Waals surface area contributed by atoms with E-state index in [0.717, 1.165) is 48.4 Å². The average molecular weight is 490 g/mol. The highest BCUT2D eigenvalue weighted by Gasteiger charge is 2.14. The van der Waals surface area contributed by atoms with E-state index in [1.807, 2.05) is 54.2 Å². The van der Waals surface area contributed by atoms with E-state index in [9.17, 15) is 4.79 Å². The molecule has 1 amide bonds. The molecule has 2 saturated heterocycles. The summed E-state index contributed by atoms with van der Waals surface area (Å²) >= 11 is 2.02. The number of anilines is 1. The largest absolute Gasteiger partial charge is 0.492 e. The Morgan fingerprint density at radius 1 is 0.829 bits per heavy atom. The molecule has 0 radical (unpaired) electrons. The Morgan fingerprint density at radius 2 is 1.57 bits per heavy atom. The number of rotatable bonds is 8. The first-order chi connectivity index (χ1) is 17.3. The van der Waals surface area contributed by atoms with E-state index in [1.54, 1.807) is 0 Å². The molecule has 0 unspecified atom stereocenters. The van der Waals surface area contributed by atoms with Gasteiger partial charge in [0.05, 0.1) is 0 Å². The van der Waals surface area contributed by atoms with Crippen LogP contribution >= 0.6 is 11.8 Å². The van der Waals surface area contributed by atoms with Gasteiger partial charge in [-0.2, -0.15) is 11.8 Å². The lowest BCUT2D eigenvalue weighted by Gasteiger charge is -2.26. The van der Waals surface area contributed by atoms with Crippen LogP contribution in [0.25, 0.3) is 10.8 Å². The van der Waals surface area contributed by atoms with Gasteiger partial charge in [-0.1, -0.05) is 42.8 Å². The summed E-state index contributed by atoms with van der Waals surface area (Å²) in [4.78, 5) is 18.0. The number of benzene rings is 3. The number of ether oxygens (including phenoxy) is 1. The Labute approximate surface area is 212 Å². The number of likely N-dealkylation sites (tertiary alicyclic amines) is 1. The zero-order valence-corrected chi connectivity index (χ0v) is 21.2. The number of piperidine rings is 1. The Kier molecular flexibility index (Phi) is 8.24. The number of thioether (sulfide) groups is 1. The van der Waals surface area contributed by atoms with Crippen molar-refractivity contribution >= 4 is 34.1 Å². The summed E-state index contributed by atoms with van der Waals surface area (Å²) in [5, 5.41) is 5.14. The number of carbonyl (C=O) groups excluding carboxylic acids is 1. The molecule has 5 nitrogen and oxygen atoms in total. The fraction of sp³-hybridized carbons (Fsp3) is 0.414. The molecule has 2 aliphatic rings. The van der Waals surface area contributed by atoms with Crippen molar-refractivity contribution in [2.45, 2.75) is 25.8 Å². The second kappa shape index (κ2) is 11.9. The minimum atomic E-state index is -0.0867. The smallest absolute Gasteiger partial charge is 0.255 e. The SMILES string of the molecule is O=C(Nc1ccc(OCCN2CCSCC2)c2ccccc12)c1ccc(CN2CCCCC2)cc1. The summed E-state index contributed by atoms with van der Waals surface area (Å²) in [6.45, 7) is 7.20. The molecular formula is C29H35N3O2S. The summed E-state index contributed by atoms with van der Waals surface area (Å²) in [7, 11) is 0. The van der Waals surface area contributed by atoms with Gasteiger partial charge in [0.1, 0.15) is 12.4 Å². The summed E-state index contributed by atoms with van der Waals surface area (Å²) in [5.74, 6) is 3.19. The highest BCUT2D eigenvalue weighted by molar-refractivity contribution is 7.99. The molecule has 0 aliphatic carbocycles. The first-order valence-electron chi connectivity index (χ1n) is 12.8. The minimum Gasteiger partial charge on any atom is -0.492 e. The zero-order chi connectivity index (χ0) is 23.9. The zero-order valence-electron chi connectivity index (χ0n) is 20.4. The van der Waals surface area contributed by atoms with Gasteiger partial charge >= 0.3 is 0 Å². The first kappa shape index (κ1) is 24.2. The summed E-state index contributed by atoms with van der Waals surface area (Å²) in [5.41, 5.74) is 2.75. The van der Waals surface area contributed by atoms with E-state index in [2.05, 4.69) is 33.3 Å². The Morgan fingerprint density at radius 3 is 2.34 bits per heavy atom. The van der Waals surface area contributed by atoms with Crippen molar-refractivity contribution in [3.8, 4) is 5.75 Å². The van der Waals surface area contributed by atoms with Crippen LogP contribution in [0.2, 0.25) is 0 Å². The van der Waals surface area contributed by atoms with E-state index in [0.29, 0.717) is 12.2 Å². The average Bonchev–Trinajstić information content (AvgIpc) is 2.91. The van der Waals surface area contributed by atoms with Crippen LogP contribution in [0.1, 0.15) is 35.2 Å². The molecule has 1 N–H and O–H groups in total. The van der Waals surface area contributed by atoms with E-state index in [1.165, 1.54) is 49.4 Å². The van der Waals surface area contributed by atoms with Crippen LogP contribution in [0.3, 0.4) is 0 Å². The third kappa shape index (κ3) is 6.37. The third-order valence-electron chi connectivity index (χ3n) is 6.97. The number of carbonyl (C=O) groups is 1. The van der Waals surface area contributed by atoms with Crippen LogP contribution in [-0.4, -0.2) is 66.5 Å². The van der Waals surface area contributed by atoms with Gasteiger partial charge in [-0.05, 0) is 55.8 Å².